The van der Waals surface area contributed by atoms with Gasteiger partial charge in [0.05, 0.1) is 17.4 Å². The molecule has 0 unspecified atom stereocenters. The van der Waals surface area contributed by atoms with Gasteiger partial charge >= 0.3 is 0 Å². The average molecular weight is 469 g/mol. The van der Waals surface area contributed by atoms with Gasteiger partial charge in [-0.2, -0.15) is 0 Å². The van der Waals surface area contributed by atoms with E-state index < -0.39 is 21.8 Å². The molecule has 2 aromatic rings. The monoisotopic (exact) mass is 468 g/mol. The highest BCUT2D eigenvalue weighted by molar-refractivity contribution is 9.10. The molecule has 0 spiro atoms. The number of aryl methyl sites for hydroxylation is 1. The van der Waals surface area contributed by atoms with Crippen LogP contribution in [0.2, 0.25) is 0 Å². The summed E-state index contributed by atoms with van der Waals surface area (Å²) in [4.78, 5) is 12.6. The van der Waals surface area contributed by atoms with Gasteiger partial charge in [-0.1, -0.05) is 40.2 Å². The Balaban J connectivity index is 1.69. The lowest BCUT2D eigenvalue weighted by Crippen LogP contribution is -2.44. The van der Waals surface area contributed by atoms with Gasteiger partial charge in [0.1, 0.15) is 5.82 Å². The lowest BCUT2D eigenvalue weighted by molar-refractivity contribution is -0.120. The fourth-order valence-electron chi connectivity index (χ4n) is 3.29. The molecular formula is C20H22BrFN2O3S. The number of hydrogen-bond donors (Lipinski definition) is 1. The van der Waals surface area contributed by atoms with Crippen LogP contribution in [0.25, 0.3) is 0 Å². The maximum absolute atomic E-state index is 14.0. The van der Waals surface area contributed by atoms with E-state index in [0.717, 1.165) is 11.1 Å². The van der Waals surface area contributed by atoms with E-state index >= 15 is 0 Å². The van der Waals surface area contributed by atoms with Crippen LogP contribution in [-0.4, -0.2) is 31.7 Å². The highest BCUT2D eigenvalue weighted by Crippen LogP contribution is 2.25. The van der Waals surface area contributed by atoms with E-state index in [4.69, 9.17) is 0 Å². The highest BCUT2D eigenvalue weighted by Gasteiger charge is 2.32. The molecule has 1 aliphatic rings. The molecular weight excluding hydrogens is 447 g/mol. The van der Waals surface area contributed by atoms with E-state index in [9.17, 15) is 17.6 Å². The summed E-state index contributed by atoms with van der Waals surface area (Å²) in [5.41, 5.74) is 1.77. The van der Waals surface area contributed by atoms with Crippen LogP contribution >= 0.6 is 15.9 Å². The van der Waals surface area contributed by atoms with Crippen LogP contribution in [-0.2, 0) is 20.6 Å². The standard InChI is InChI=1S/C20H22BrFN2O3S/c1-14-5-2-3-6-16(14)13-28(26,27)24-10-4-7-15(12-24)20(25)23-19-9-8-17(21)11-18(19)22/h2-3,5-6,8-9,11,15H,4,7,10,12-13H2,1H3,(H,23,25)/t15-/m1/s1. The molecule has 1 aliphatic heterocycles. The molecule has 3 rings (SSSR count). The molecule has 1 heterocycles. The van der Waals surface area contributed by atoms with Crippen molar-refractivity contribution < 1.29 is 17.6 Å². The van der Waals surface area contributed by atoms with Crippen molar-refractivity contribution in [2.45, 2.75) is 25.5 Å². The van der Waals surface area contributed by atoms with Gasteiger partial charge < -0.3 is 5.32 Å². The molecule has 8 heteroatoms. The van der Waals surface area contributed by atoms with Crippen LogP contribution in [0, 0.1) is 18.7 Å². The van der Waals surface area contributed by atoms with Crippen LogP contribution in [0.3, 0.4) is 0 Å². The summed E-state index contributed by atoms with van der Waals surface area (Å²) in [5, 5.41) is 2.58. The molecule has 0 aromatic heterocycles. The molecule has 1 amide bonds. The van der Waals surface area contributed by atoms with Crippen molar-refractivity contribution in [1.82, 2.24) is 4.31 Å². The van der Waals surface area contributed by atoms with E-state index in [0.29, 0.717) is 23.9 Å². The molecule has 0 bridgehead atoms. The number of halogens is 2. The molecule has 0 radical (unpaired) electrons. The van der Waals surface area contributed by atoms with Crippen molar-refractivity contribution >= 4 is 37.5 Å². The van der Waals surface area contributed by atoms with E-state index in [1.165, 1.54) is 16.4 Å². The van der Waals surface area contributed by atoms with Crippen LogP contribution in [0.5, 0.6) is 0 Å². The third-order valence-corrected chi connectivity index (χ3v) is 7.22. The molecule has 28 heavy (non-hydrogen) atoms. The van der Waals surface area contributed by atoms with Crippen molar-refractivity contribution in [3.05, 3.63) is 63.9 Å². The van der Waals surface area contributed by atoms with Gasteiger partial charge in [-0.05, 0) is 49.1 Å². The predicted molar refractivity (Wildman–Crippen MR) is 111 cm³/mol. The van der Waals surface area contributed by atoms with E-state index in [1.54, 1.807) is 12.1 Å². The number of amides is 1. The van der Waals surface area contributed by atoms with E-state index in [2.05, 4.69) is 21.2 Å². The van der Waals surface area contributed by atoms with Gasteiger partial charge in [0, 0.05) is 17.6 Å². The molecule has 1 atom stereocenters. The lowest BCUT2D eigenvalue weighted by Gasteiger charge is -2.31. The summed E-state index contributed by atoms with van der Waals surface area (Å²) in [5.74, 6) is -1.50. The summed E-state index contributed by atoms with van der Waals surface area (Å²) in [6, 6.07) is 11.8. The molecule has 0 saturated carbocycles. The van der Waals surface area contributed by atoms with Gasteiger partial charge in [-0.15, -0.1) is 0 Å². The summed E-state index contributed by atoms with van der Waals surface area (Å²) < 4.78 is 41.6. The Morgan fingerprint density at radius 3 is 2.75 bits per heavy atom. The number of carbonyl (C=O) groups is 1. The van der Waals surface area contributed by atoms with Crippen molar-refractivity contribution in [3.63, 3.8) is 0 Å². The Hall–Kier alpha value is -1.77. The zero-order chi connectivity index (χ0) is 20.3. The first-order valence-electron chi connectivity index (χ1n) is 9.04. The summed E-state index contributed by atoms with van der Waals surface area (Å²) in [6.45, 7) is 2.38. The molecule has 2 aromatic carbocycles. The minimum atomic E-state index is -3.54. The number of rotatable bonds is 5. The van der Waals surface area contributed by atoms with Gasteiger partial charge in [0.25, 0.3) is 0 Å². The first-order valence-corrected chi connectivity index (χ1v) is 11.4. The van der Waals surface area contributed by atoms with Crippen molar-refractivity contribution in [3.8, 4) is 0 Å². The molecule has 0 aliphatic carbocycles. The zero-order valence-electron chi connectivity index (χ0n) is 15.5. The van der Waals surface area contributed by atoms with Gasteiger partial charge in [0.2, 0.25) is 15.9 Å². The first kappa shape index (κ1) is 21.0. The minimum absolute atomic E-state index is 0.0879. The Morgan fingerprint density at radius 2 is 2.04 bits per heavy atom. The smallest absolute Gasteiger partial charge is 0.228 e. The fourth-order valence-corrected chi connectivity index (χ4v) is 5.34. The van der Waals surface area contributed by atoms with Crippen LogP contribution in [0.1, 0.15) is 24.0 Å². The molecule has 150 valence electrons. The Kier molecular flexibility index (Phi) is 6.52. The van der Waals surface area contributed by atoms with Crippen molar-refractivity contribution in [1.29, 1.82) is 0 Å². The van der Waals surface area contributed by atoms with E-state index in [-0.39, 0.29) is 23.9 Å². The third kappa shape index (κ3) is 4.98. The number of sulfonamides is 1. The number of nitrogens with zero attached hydrogens (tertiary/aromatic N) is 1. The summed E-state index contributed by atoms with van der Waals surface area (Å²) >= 11 is 3.17. The largest absolute Gasteiger partial charge is 0.323 e. The lowest BCUT2D eigenvalue weighted by atomic mass is 9.98. The van der Waals surface area contributed by atoms with Gasteiger partial charge in [0.15, 0.2) is 0 Å². The summed E-state index contributed by atoms with van der Waals surface area (Å²) in [6.07, 6.45) is 1.16. The second kappa shape index (κ2) is 8.71. The predicted octanol–water partition coefficient (Wildman–Crippen LogP) is 4.08. The van der Waals surface area contributed by atoms with Crippen LogP contribution in [0.15, 0.2) is 46.9 Å². The van der Waals surface area contributed by atoms with Gasteiger partial charge in [-0.3, -0.25) is 4.79 Å². The minimum Gasteiger partial charge on any atom is -0.323 e. The normalized spacial score (nSPS) is 18.0. The van der Waals surface area contributed by atoms with Crippen molar-refractivity contribution in [2.24, 2.45) is 5.92 Å². The zero-order valence-corrected chi connectivity index (χ0v) is 17.9. The average Bonchev–Trinajstić information content (AvgIpc) is 2.66. The molecule has 1 N–H and O–H groups in total. The second-order valence-electron chi connectivity index (χ2n) is 6.99. The second-order valence-corrected chi connectivity index (χ2v) is 9.88. The number of piperidine rings is 1. The third-order valence-electron chi connectivity index (χ3n) is 4.94. The number of anilines is 1. The number of carbonyl (C=O) groups excluding carboxylic acids is 1. The molecule has 1 saturated heterocycles. The maximum Gasteiger partial charge on any atom is 0.228 e. The number of benzene rings is 2. The number of nitrogens with one attached hydrogen (secondary N) is 1. The first-order chi connectivity index (χ1) is 13.3. The van der Waals surface area contributed by atoms with Gasteiger partial charge in [-0.25, -0.2) is 17.1 Å². The number of hydrogen-bond acceptors (Lipinski definition) is 3. The summed E-state index contributed by atoms with van der Waals surface area (Å²) in [7, 11) is -3.54. The quantitative estimate of drug-likeness (QED) is 0.718. The van der Waals surface area contributed by atoms with Crippen LogP contribution < -0.4 is 5.32 Å². The SMILES string of the molecule is Cc1ccccc1CS(=O)(=O)N1CCC[C@@H](C(=O)Nc2ccc(Br)cc2F)C1. The molecule has 1 fully saturated rings. The Morgan fingerprint density at radius 1 is 1.29 bits per heavy atom. The topological polar surface area (TPSA) is 66.5 Å². The Bertz CT molecular complexity index is 981. The van der Waals surface area contributed by atoms with E-state index in [1.807, 2.05) is 25.1 Å². The van der Waals surface area contributed by atoms with Crippen LogP contribution in [0.4, 0.5) is 10.1 Å². The fraction of sp³-hybridized carbons (Fsp3) is 0.350. The highest BCUT2D eigenvalue weighted by atomic mass is 79.9. The maximum atomic E-state index is 14.0. The molecule has 5 nitrogen and oxygen atoms in total. The Labute approximate surface area is 173 Å². The van der Waals surface area contributed by atoms with Crippen molar-refractivity contribution in [2.75, 3.05) is 18.4 Å².